The van der Waals surface area contributed by atoms with E-state index in [4.69, 9.17) is 9.97 Å². The van der Waals surface area contributed by atoms with Crippen molar-refractivity contribution >= 4 is 28.5 Å². The van der Waals surface area contributed by atoms with E-state index in [9.17, 15) is 9.90 Å². The number of aromatic nitrogens is 3. The van der Waals surface area contributed by atoms with Crippen LogP contribution in [0, 0.1) is 13.8 Å². The predicted molar refractivity (Wildman–Crippen MR) is 115 cm³/mol. The lowest BCUT2D eigenvalue weighted by atomic mass is 9.73. The Morgan fingerprint density at radius 3 is 2.66 bits per heavy atom. The average Bonchev–Trinajstić information content (AvgIpc) is 3.32. The molecule has 0 bridgehead atoms. The van der Waals surface area contributed by atoms with Crippen molar-refractivity contribution in [2.45, 2.75) is 76.7 Å². The maximum atomic E-state index is 12.2. The number of pyridine rings is 1. The molecule has 0 atom stereocenters. The highest BCUT2D eigenvalue weighted by molar-refractivity contribution is 7.12. The van der Waals surface area contributed by atoms with Crippen LogP contribution in [0.3, 0.4) is 0 Å². The van der Waals surface area contributed by atoms with E-state index in [-0.39, 0.29) is 0 Å². The summed E-state index contributed by atoms with van der Waals surface area (Å²) in [5.41, 5.74) is 3.46. The van der Waals surface area contributed by atoms with E-state index in [1.807, 2.05) is 6.92 Å². The number of imidazole rings is 1. The van der Waals surface area contributed by atoms with Crippen molar-refractivity contribution in [2.75, 3.05) is 0 Å². The number of fused-ring (bicyclic) bond motifs is 1. The Morgan fingerprint density at radius 2 is 1.97 bits per heavy atom. The van der Waals surface area contributed by atoms with Gasteiger partial charge >= 0.3 is 5.97 Å². The molecule has 0 unspecified atom stereocenters. The van der Waals surface area contributed by atoms with Gasteiger partial charge in [0.25, 0.3) is 0 Å². The van der Waals surface area contributed by atoms with Crippen LogP contribution in [0.1, 0.15) is 77.7 Å². The van der Waals surface area contributed by atoms with Gasteiger partial charge in [0.2, 0.25) is 0 Å². The molecule has 2 fully saturated rings. The van der Waals surface area contributed by atoms with Crippen LogP contribution in [0.5, 0.6) is 0 Å². The molecule has 29 heavy (non-hydrogen) atoms. The molecule has 6 heteroatoms. The Balaban J connectivity index is 1.54. The summed E-state index contributed by atoms with van der Waals surface area (Å²) in [6, 6.07) is 6.27. The summed E-state index contributed by atoms with van der Waals surface area (Å²) in [4.78, 5) is 24.2. The SMILES string of the molecule is Cc1cc(C)c2nc(C3CC3)n(Cc3ccc(C4(C(=O)O)CCCCC4)s3)c2n1. The summed E-state index contributed by atoms with van der Waals surface area (Å²) in [6.07, 6.45) is 7.04. The smallest absolute Gasteiger partial charge is 0.314 e. The first-order valence-electron chi connectivity index (χ1n) is 10.6. The van der Waals surface area contributed by atoms with Crippen LogP contribution in [0.25, 0.3) is 11.2 Å². The van der Waals surface area contributed by atoms with Crippen molar-refractivity contribution in [1.82, 2.24) is 14.5 Å². The monoisotopic (exact) mass is 409 g/mol. The molecule has 2 aliphatic carbocycles. The molecule has 0 aliphatic heterocycles. The first-order valence-corrected chi connectivity index (χ1v) is 11.5. The second-order valence-electron chi connectivity index (χ2n) is 8.80. The van der Waals surface area contributed by atoms with E-state index >= 15 is 0 Å². The van der Waals surface area contributed by atoms with E-state index in [0.717, 1.165) is 66.2 Å². The van der Waals surface area contributed by atoms with Gasteiger partial charge in [-0.05, 0) is 63.3 Å². The molecule has 0 saturated heterocycles. The van der Waals surface area contributed by atoms with Crippen LogP contribution in [0.15, 0.2) is 18.2 Å². The molecule has 2 saturated carbocycles. The van der Waals surface area contributed by atoms with E-state index in [1.54, 1.807) is 11.3 Å². The van der Waals surface area contributed by atoms with Gasteiger partial charge in [0.15, 0.2) is 5.65 Å². The van der Waals surface area contributed by atoms with Crippen LogP contribution in [-0.2, 0) is 16.8 Å². The van der Waals surface area contributed by atoms with Crippen molar-refractivity contribution < 1.29 is 9.90 Å². The lowest BCUT2D eigenvalue weighted by Crippen LogP contribution is -2.36. The van der Waals surface area contributed by atoms with E-state index in [1.165, 1.54) is 23.3 Å². The third-order valence-electron chi connectivity index (χ3n) is 6.56. The van der Waals surface area contributed by atoms with E-state index in [0.29, 0.717) is 5.92 Å². The van der Waals surface area contributed by atoms with Crippen molar-refractivity contribution in [3.05, 3.63) is 45.0 Å². The minimum atomic E-state index is -0.692. The number of rotatable bonds is 5. The molecule has 1 N–H and O–H groups in total. The van der Waals surface area contributed by atoms with Gasteiger partial charge in [0.1, 0.15) is 16.8 Å². The number of nitrogens with zero attached hydrogens (tertiary/aromatic N) is 3. The average molecular weight is 410 g/mol. The number of thiophene rings is 1. The summed E-state index contributed by atoms with van der Waals surface area (Å²) >= 11 is 1.67. The molecule has 3 heterocycles. The number of carbonyl (C=O) groups is 1. The van der Waals surface area contributed by atoms with Gasteiger partial charge in [0, 0.05) is 21.4 Å². The van der Waals surface area contributed by atoms with E-state index < -0.39 is 11.4 Å². The van der Waals surface area contributed by atoms with Crippen LogP contribution >= 0.6 is 11.3 Å². The molecule has 5 rings (SSSR count). The number of carboxylic acids is 1. The minimum Gasteiger partial charge on any atom is -0.481 e. The zero-order valence-electron chi connectivity index (χ0n) is 17.1. The maximum Gasteiger partial charge on any atom is 0.314 e. The van der Waals surface area contributed by atoms with Crippen molar-refractivity contribution in [3.63, 3.8) is 0 Å². The topological polar surface area (TPSA) is 68.0 Å². The number of aryl methyl sites for hydroxylation is 2. The van der Waals surface area contributed by atoms with Crippen LogP contribution < -0.4 is 0 Å². The summed E-state index contributed by atoms with van der Waals surface area (Å²) in [5.74, 6) is 1.01. The van der Waals surface area contributed by atoms with Crippen molar-refractivity contribution in [1.29, 1.82) is 0 Å². The second-order valence-corrected chi connectivity index (χ2v) is 9.97. The summed E-state index contributed by atoms with van der Waals surface area (Å²) in [5, 5.41) is 10.0. The first kappa shape index (κ1) is 18.8. The van der Waals surface area contributed by atoms with Gasteiger partial charge in [-0.3, -0.25) is 4.79 Å². The Bertz CT molecular complexity index is 1090. The highest BCUT2D eigenvalue weighted by atomic mass is 32.1. The first-order chi connectivity index (χ1) is 14.0. The van der Waals surface area contributed by atoms with Gasteiger partial charge < -0.3 is 9.67 Å². The number of carboxylic acid groups (broad SMARTS) is 1. The molecular weight excluding hydrogens is 382 g/mol. The molecule has 3 aromatic rings. The summed E-state index contributed by atoms with van der Waals surface area (Å²) in [6.45, 7) is 4.86. The molecule has 5 nitrogen and oxygen atoms in total. The van der Waals surface area contributed by atoms with Crippen LogP contribution in [0.2, 0.25) is 0 Å². The molecule has 3 aromatic heterocycles. The standard InChI is InChI=1S/C23H27N3O2S/c1-14-12-15(2)24-21-19(14)25-20(16-6-7-16)26(21)13-17-8-9-18(29-17)23(22(27)28)10-4-3-5-11-23/h8-9,12,16H,3-7,10-11,13H2,1-2H3,(H,27,28). The summed E-state index contributed by atoms with van der Waals surface area (Å²) < 4.78 is 2.27. The normalized spacial score (nSPS) is 19.0. The molecule has 152 valence electrons. The van der Waals surface area contributed by atoms with Gasteiger partial charge in [-0.1, -0.05) is 19.3 Å². The Kier molecular flexibility index (Phi) is 4.50. The molecule has 2 aliphatic rings. The fourth-order valence-electron chi connectivity index (χ4n) is 4.83. The lowest BCUT2D eigenvalue weighted by Gasteiger charge is -2.32. The van der Waals surface area contributed by atoms with Gasteiger partial charge in [0.05, 0.1) is 6.54 Å². The van der Waals surface area contributed by atoms with Gasteiger partial charge in [-0.15, -0.1) is 11.3 Å². The van der Waals surface area contributed by atoms with Crippen LogP contribution in [0.4, 0.5) is 0 Å². The second kappa shape index (κ2) is 6.94. The highest BCUT2D eigenvalue weighted by Gasteiger charge is 2.42. The third kappa shape index (κ3) is 3.18. The zero-order valence-corrected chi connectivity index (χ0v) is 17.9. The Hall–Kier alpha value is -2.21. The molecule has 0 spiro atoms. The molecule has 0 aromatic carbocycles. The predicted octanol–water partition coefficient (Wildman–Crippen LogP) is 5.32. The van der Waals surface area contributed by atoms with Crippen molar-refractivity contribution in [2.24, 2.45) is 0 Å². The molecule has 0 amide bonds. The summed E-state index contributed by atoms with van der Waals surface area (Å²) in [7, 11) is 0. The maximum absolute atomic E-state index is 12.2. The number of aliphatic carboxylic acids is 1. The lowest BCUT2D eigenvalue weighted by molar-refractivity contribution is -0.145. The number of hydrogen-bond donors (Lipinski definition) is 1. The number of hydrogen-bond acceptors (Lipinski definition) is 4. The quantitative estimate of drug-likeness (QED) is 0.619. The highest BCUT2D eigenvalue weighted by Crippen LogP contribution is 2.44. The fraction of sp³-hybridized carbons (Fsp3) is 0.522. The fourth-order valence-corrected chi connectivity index (χ4v) is 6.06. The van der Waals surface area contributed by atoms with Gasteiger partial charge in [-0.25, -0.2) is 9.97 Å². The van der Waals surface area contributed by atoms with Crippen molar-refractivity contribution in [3.8, 4) is 0 Å². The largest absolute Gasteiger partial charge is 0.481 e. The molecular formula is C23H27N3O2S. The third-order valence-corrected chi connectivity index (χ3v) is 7.83. The zero-order chi connectivity index (χ0) is 20.2. The van der Waals surface area contributed by atoms with E-state index in [2.05, 4.69) is 29.7 Å². The Morgan fingerprint density at radius 1 is 1.21 bits per heavy atom. The molecule has 0 radical (unpaired) electrons. The van der Waals surface area contributed by atoms with Gasteiger partial charge in [-0.2, -0.15) is 0 Å². The minimum absolute atomic E-state index is 0.534. The Labute approximate surface area is 174 Å². The van der Waals surface area contributed by atoms with Crippen LogP contribution in [-0.4, -0.2) is 25.6 Å².